The fraction of sp³-hybridized carbons (Fsp3) is 0.438. The predicted molar refractivity (Wildman–Crippen MR) is 84.6 cm³/mol. The highest BCUT2D eigenvalue weighted by atomic mass is 16.2. The lowest BCUT2D eigenvalue weighted by molar-refractivity contribution is -0.122. The van der Waals surface area contributed by atoms with Gasteiger partial charge in [-0.15, -0.1) is 0 Å². The van der Waals surface area contributed by atoms with E-state index in [1.54, 1.807) is 0 Å². The van der Waals surface area contributed by atoms with Crippen LogP contribution in [-0.4, -0.2) is 27.4 Å². The summed E-state index contributed by atoms with van der Waals surface area (Å²) in [6.45, 7) is 6.21. The Morgan fingerprint density at radius 3 is 2.86 bits per heavy atom. The zero-order chi connectivity index (χ0) is 15.9. The number of nitrogens with one attached hydrogen (secondary N) is 2. The van der Waals surface area contributed by atoms with Gasteiger partial charge in [-0.3, -0.25) is 9.59 Å². The molecule has 2 aromatic rings. The number of anilines is 1. The smallest absolute Gasteiger partial charge is 0.246 e. The van der Waals surface area contributed by atoms with Gasteiger partial charge in [0.05, 0.1) is 11.0 Å². The fourth-order valence-electron chi connectivity index (χ4n) is 2.99. The molecule has 1 aromatic heterocycles. The summed E-state index contributed by atoms with van der Waals surface area (Å²) in [5.41, 5.74) is 2.62. The number of carbonyl (C=O) groups is 2. The molecule has 1 aliphatic rings. The fourth-order valence-corrected chi connectivity index (χ4v) is 2.99. The van der Waals surface area contributed by atoms with Crippen molar-refractivity contribution in [1.29, 1.82) is 0 Å². The summed E-state index contributed by atoms with van der Waals surface area (Å²) in [6.07, 6.45) is 0.961. The highest BCUT2D eigenvalue weighted by Gasteiger charge is 2.27. The van der Waals surface area contributed by atoms with Gasteiger partial charge in [-0.25, -0.2) is 4.98 Å². The quantitative estimate of drug-likeness (QED) is 0.912. The van der Waals surface area contributed by atoms with Crippen molar-refractivity contribution in [3.05, 3.63) is 24.0 Å². The zero-order valence-corrected chi connectivity index (χ0v) is 13.0. The van der Waals surface area contributed by atoms with E-state index in [0.29, 0.717) is 24.6 Å². The van der Waals surface area contributed by atoms with E-state index < -0.39 is 6.04 Å². The molecule has 1 atom stereocenters. The highest BCUT2D eigenvalue weighted by molar-refractivity contribution is 6.00. The van der Waals surface area contributed by atoms with Crippen molar-refractivity contribution in [1.82, 2.24) is 14.9 Å². The minimum Gasteiger partial charge on any atom is -0.344 e. The Balaban J connectivity index is 1.83. The molecule has 1 unspecified atom stereocenters. The summed E-state index contributed by atoms with van der Waals surface area (Å²) >= 11 is 0. The Bertz CT molecular complexity index is 748. The number of nitrogens with zero attached hydrogens (tertiary/aromatic N) is 2. The molecule has 2 N–H and O–H groups in total. The Morgan fingerprint density at radius 1 is 1.45 bits per heavy atom. The van der Waals surface area contributed by atoms with E-state index in [0.717, 1.165) is 16.9 Å². The third kappa shape index (κ3) is 2.56. The molecule has 0 bridgehead atoms. The number of rotatable bonds is 3. The lowest BCUT2D eigenvalue weighted by Crippen LogP contribution is -2.37. The molecule has 1 aromatic carbocycles. The molecule has 1 fully saturated rings. The summed E-state index contributed by atoms with van der Waals surface area (Å²) in [6, 6.07) is 5.61. The van der Waals surface area contributed by atoms with Crippen LogP contribution in [0, 0.1) is 6.92 Å². The maximum absolute atomic E-state index is 12.1. The third-order valence-corrected chi connectivity index (χ3v) is 3.96. The maximum atomic E-state index is 12.1. The van der Waals surface area contributed by atoms with Crippen LogP contribution in [0.5, 0.6) is 0 Å². The van der Waals surface area contributed by atoms with E-state index in [4.69, 9.17) is 0 Å². The second-order valence-corrected chi connectivity index (χ2v) is 5.97. The highest BCUT2D eigenvalue weighted by Crippen LogP contribution is 2.24. The molecular weight excluding hydrogens is 280 g/mol. The van der Waals surface area contributed by atoms with Crippen molar-refractivity contribution in [2.24, 2.45) is 0 Å². The standard InChI is InChI=1S/C16H20N4O2/c1-9(2)20-10(3)17-13-8-11(4-6-14(13)20)18-16(22)12-5-7-15(21)19-12/h4,6,8-9,12H,5,7H2,1-3H3,(H,18,22)(H,19,21). The SMILES string of the molecule is Cc1nc2cc(NC(=O)C3CCC(=O)N3)ccc2n1C(C)C. The number of hydrogen-bond acceptors (Lipinski definition) is 3. The zero-order valence-electron chi connectivity index (χ0n) is 13.0. The Morgan fingerprint density at radius 2 is 2.23 bits per heavy atom. The summed E-state index contributed by atoms with van der Waals surface area (Å²) in [7, 11) is 0. The number of benzene rings is 1. The first-order valence-corrected chi connectivity index (χ1v) is 7.54. The van der Waals surface area contributed by atoms with Crippen LogP contribution in [0.4, 0.5) is 5.69 Å². The number of fused-ring (bicyclic) bond motifs is 1. The van der Waals surface area contributed by atoms with Crippen LogP contribution in [-0.2, 0) is 9.59 Å². The molecule has 1 saturated heterocycles. The van der Waals surface area contributed by atoms with Gasteiger partial charge in [-0.2, -0.15) is 0 Å². The number of imidazole rings is 1. The van der Waals surface area contributed by atoms with E-state index in [-0.39, 0.29) is 11.8 Å². The average molecular weight is 300 g/mol. The van der Waals surface area contributed by atoms with Crippen molar-refractivity contribution in [3.63, 3.8) is 0 Å². The molecule has 6 nitrogen and oxygen atoms in total. The summed E-state index contributed by atoms with van der Waals surface area (Å²) in [5.74, 6) is 0.712. The predicted octanol–water partition coefficient (Wildman–Crippen LogP) is 2.14. The minimum absolute atomic E-state index is 0.0677. The van der Waals surface area contributed by atoms with E-state index in [9.17, 15) is 9.59 Å². The summed E-state index contributed by atoms with van der Waals surface area (Å²) in [4.78, 5) is 27.9. The molecule has 3 rings (SSSR count). The van der Waals surface area contributed by atoms with Crippen molar-refractivity contribution >= 4 is 28.5 Å². The molecule has 0 spiro atoms. The van der Waals surface area contributed by atoms with Crippen molar-refractivity contribution in [2.45, 2.75) is 45.7 Å². The third-order valence-electron chi connectivity index (χ3n) is 3.96. The molecule has 22 heavy (non-hydrogen) atoms. The topological polar surface area (TPSA) is 76.0 Å². The number of carbonyl (C=O) groups excluding carboxylic acids is 2. The summed E-state index contributed by atoms with van der Waals surface area (Å²) in [5, 5.41) is 5.52. The van der Waals surface area contributed by atoms with E-state index in [1.165, 1.54) is 0 Å². The van der Waals surface area contributed by atoms with Gasteiger partial charge < -0.3 is 15.2 Å². The van der Waals surface area contributed by atoms with E-state index in [1.807, 2.05) is 25.1 Å². The molecule has 0 radical (unpaired) electrons. The number of amides is 2. The normalized spacial score (nSPS) is 18.0. The first kappa shape index (κ1) is 14.6. The minimum atomic E-state index is -0.432. The molecule has 0 saturated carbocycles. The second-order valence-electron chi connectivity index (χ2n) is 5.97. The first-order valence-electron chi connectivity index (χ1n) is 7.54. The van der Waals surface area contributed by atoms with Crippen LogP contribution in [0.15, 0.2) is 18.2 Å². The second kappa shape index (κ2) is 5.44. The molecule has 2 heterocycles. The molecule has 0 aliphatic carbocycles. The van der Waals surface area contributed by atoms with Crippen molar-refractivity contribution in [2.75, 3.05) is 5.32 Å². The number of aryl methyl sites for hydroxylation is 1. The van der Waals surface area contributed by atoms with E-state index >= 15 is 0 Å². The maximum Gasteiger partial charge on any atom is 0.246 e. The van der Waals surface area contributed by atoms with Gasteiger partial charge in [0.15, 0.2) is 0 Å². The van der Waals surface area contributed by atoms with Gasteiger partial charge in [0.25, 0.3) is 0 Å². The summed E-state index contributed by atoms with van der Waals surface area (Å²) < 4.78 is 2.16. The number of hydrogen-bond donors (Lipinski definition) is 2. The Kier molecular flexibility index (Phi) is 3.60. The lowest BCUT2D eigenvalue weighted by atomic mass is 10.2. The van der Waals surface area contributed by atoms with Gasteiger partial charge in [0.1, 0.15) is 11.9 Å². The van der Waals surface area contributed by atoms with Crippen LogP contribution in [0.2, 0.25) is 0 Å². The van der Waals surface area contributed by atoms with Crippen LogP contribution in [0.1, 0.15) is 38.6 Å². The molecule has 2 amide bonds. The van der Waals surface area contributed by atoms with Gasteiger partial charge >= 0.3 is 0 Å². The largest absolute Gasteiger partial charge is 0.344 e. The number of aromatic nitrogens is 2. The molecular formula is C16H20N4O2. The molecule has 1 aliphatic heterocycles. The Hall–Kier alpha value is -2.37. The van der Waals surface area contributed by atoms with Crippen LogP contribution >= 0.6 is 0 Å². The Labute approximate surface area is 128 Å². The van der Waals surface area contributed by atoms with Crippen LogP contribution in [0.3, 0.4) is 0 Å². The van der Waals surface area contributed by atoms with Crippen LogP contribution in [0.25, 0.3) is 11.0 Å². The van der Waals surface area contributed by atoms with Gasteiger partial charge in [0, 0.05) is 18.2 Å². The van der Waals surface area contributed by atoms with Gasteiger partial charge in [-0.05, 0) is 45.4 Å². The van der Waals surface area contributed by atoms with Gasteiger partial charge in [0.2, 0.25) is 11.8 Å². The average Bonchev–Trinajstić information content (AvgIpc) is 3.00. The van der Waals surface area contributed by atoms with Crippen molar-refractivity contribution in [3.8, 4) is 0 Å². The van der Waals surface area contributed by atoms with Crippen LogP contribution < -0.4 is 10.6 Å². The van der Waals surface area contributed by atoms with Crippen molar-refractivity contribution < 1.29 is 9.59 Å². The molecule has 116 valence electrons. The van der Waals surface area contributed by atoms with Gasteiger partial charge in [-0.1, -0.05) is 0 Å². The van der Waals surface area contributed by atoms with E-state index in [2.05, 4.69) is 34.0 Å². The molecule has 6 heteroatoms. The first-order chi connectivity index (χ1) is 10.5. The lowest BCUT2D eigenvalue weighted by Gasteiger charge is -2.12. The monoisotopic (exact) mass is 300 g/mol.